The van der Waals surface area contributed by atoms with Gasteiger partial charge in [-0.1, -0.05) is 0 Å². The highest BCUT2D eigenvalue weighted by molar-refractivity contribution is 6.00. The Balaban J connectivity index is 2.20. The largest absolute Gasteiger partial charge is 0.496 e. The van der Waals surface area contributed by atoms with Crippen LogP contribution in [-0.4, -0.2) is 32.1 Å². The van der Waals surface area contributed by atoms with Gasteiger partial charge in [-0.05, 0) is 19.1 Å². The van der Waals surface area contributed by atoms with Crippen LogP contribution in [0.1, 0.15) is 35.7 Å². The molecule has 5 nitrogen and oxygen atoms in total. The number of Topliss-reactive ketones (excluding diaryl/α,β-unsaturated/α-hetero) is 1. The zero-order valence-electron chi connectivity index (χ0n) is 11.9. The lowest BCUT2D eigenvalue weighted by Gasteiger charge is -2.10. The van der Waals surface area contributed by atoms with Crippen LogP contribution < -0.4 is 9.47 Å². The molecule has 0 saturated carbocycles. The van der Waals surface area contributed by atoms with Gasteiger partial charge in [-0.2, -0.15) is 0 Å². The summed E-state index contributed by atoms with van der Waals surface area (Å²) in [5.74, 6) is 0.692. The maximum Gasteiger partial charge on any atom is 0.305 e. The van der Waals surface area contributed by atoms with Gasteiger partial charge in [-0.25, -0.2) is 0 Å². The van der Waals surface area contributed by atoms with Crippen LogP contribution in [0.15, 0.2) is 12.1 Å². The van der Waals surface area contributed by atoms with Crippen LogP contribution in [0, 0.1) is 0 Å². The third-order valence-electron chi connectivity index (χ3n) is 3.30. The van der Waals surface area contributed by atoms with Crippen LogP contribution in [0.5, 0.6) is 11.5 Å². The number of ketones is 1. The summed E-state index contributed by atoms with van der Waals surface area (Å²) in [6.45, 7) is 1.98. The molecule has 0 aromatic heterocycles. The number of carbonyl (C=O) groups is 2. The molecule has 0 radical (unpaired) electrons. The number of benzene rings is 1. The lowest BCUT2D eigenvalue weighted by atomic mass is 10.0. The van der Waals surface area contributed by atoms with Crippen LogP contribution in [0.3, 0.4) is 0 Å². The molecule has 1 aromatic rings. The zero-order valence-corrected chi connectivity index (χ0v) is 11.9. The topological polar surface area (TPSA) is 61.8 Å². The summed E-state index contributed by atoms with van der Waals surface area (Å²) < 4.78 is 15.4. The van der Waals surface area contributed by atoms with E-state index in [0.717, 1.165) is 17.7 Å². The number of ether oxygens (including phenoxy) is 3. The van der Waals surface area contributed by atoms with Crippen molar-refractivity contribution in [3.63, 3.8) is 0 Å². The average Bonchev–Trinajstić information content (AvgIpc) is 2.81. The predicted molar refractivity (Wildman–Crippen MR) is 72.4 cm³/mol. The first-order valence-electron chi connectivity index (χ1n) is 6.52. The fourth-order valence-electron chi connectivity index (χ4n) is 2.28. The Bertz CT molecular complexity index is 535. The van der Waals surface area contributed by atoms with E-state index in [1.54, 1.807) is 6.07 Å². The van der Waals surface area contributed by atoms with Gasteiger partial charge in [0.1, 0.15) is 17.6 Å². The Labute approximate surface area is 117 Å². The summed E-state index contributed by atoms with van der Waals surface area (Å²) in [6, 6.07) is 3.54. The van der Waals surface area contributed by atoms with Crippen molar-refractivity contribution in [3.05, 3.63) is 23.3 Å². The van der Waals surface area contributed by atoms with Crippen molar-refractivity contribution in [3.8, 4) is 11.5 Å². The number of hydrogen-bond donors (Lipinski definition) is 0. The molecule has 1 atom stereocenters. The van der Waals surface area contributed by atoms with Crippen molar-refractivity contribution in [2.75, 3.05) is 14.2 Å². The van der Waals surface area contributed by atoms with Crippen molar-refractivity contribution in [1.82, 2.24) is 0 Å². The monoisotopic (exact) mass is 278 g/mol. The molecule has 0 aliphatic carbocycles. The van der Waals surface area contributed by atoms with Crippen molar-refractivity contribution in [2.24, 2.45) is 0 Å². The van der Waals surface area contributed by atoms with E-state index in [1.807, 2.05) is 13.0 Å². The number of fused-ring (bicyclic) bond motifs is 1. The van der Waals surface area contributed by atoms with E-state index in [4.69, 9.17) is 9.47 Å². The highest BCUT2D eigenvalue weighted by Gasteiger charge is 2.24. The van der Waals surface area contributed by atoms with E-state index in [-0.39, 0.29) is 24.7 Å². The lowest BCUT2D eigenvalue weighted by Crippen LogP contribution is -2.08. The quantitative estimate of drug-likeness (QED) is 0.610. The van der Waals surface area contributed by atoms with Gasteiger partial charge in [0.25, 0.3) is 0 Å². The first kappa shape index (κ1) is 14.4. The van der Waals surface area contributed by atoms with Crippen LogP contribution in [0.2, 0.25) is 0 Å². The molecule has 0 amide bonds. The molecule has 108 valence electrons. The fourth-order valence-corrected chi connectivity index (χ4v) is 2.28. The summed E-state index contributed by atoms with van der Waals surface area (Å²) in [5.41, 5.74) is 1.49. The number of rotatable bonds is 5. The SMILES string of the molecule is COC(=O)CCC(=O)c1cc2c(cc1OC)CC(C)O2. The van der Waals surface area contributed by atoms with Gasteiger partial charge in [0.2, 0.25) is 0 Å². The zero-order chi connectivity index (χ0) is 14.7. The van der Waals surface area contributed by atoms with Gasteiger partial charge < -0.3 is 14.2 Å². The maximum absolute atomic E-state index is 12.2. The summed E-state index contributed by atoms with van der Waals surface area (Å²) in [5, 5.41) is 0. The van der Waals surface area contributed by atoms with Gasteiger partial charge in [0.15, 0.2) is 5.78 Å². The second kappa shape index (κ2) is 5.94. The second-order valence-corrected chi connectivity index (χ2v) is 4.79. The van der Waals surface area contributed by atoms with E-state index in [0.29, 0.717) is 11.3 Å². The molecular weight excluding hydrogens is 260 g/mol. The first-order valence-corrected chi connectivity index (χ1v) is 6.52. The average molecular weight is 278 g/mol. The maximum atomic E-state index is 12.2. The van der Waals surface area contributed by atoms with Crippen LogP contribution in [0.4, 0.5) is 0 Å². The van der Waals surface area contributed by atoms with Gasteiger partial charge in [0, 0.05) is 18.4 Å². The fraction of sp³-hybridized carbons (Fsp3) is 0.467. The van der Waals surface area contributed by atoms with Crippen molar-refractivity contribution in [2.45, 2.75) is 32.3 Å². The van der Waals surface area contributed by atoms with E-state index in [2.05, 4.69) is 4.74 Å². The summed E-state index contributed by atoms with van der Waals surface area (Å²) in [4.78, 5) is 23.3. The Hall–Kier alpha value is -2.04. The van der Waals surface area contributed by atoms with Crippen LogP contribution >= 0.6 is 0 Å². The number of hydrogen-bond acceptors (Lipinski definition) is 5. The summed E-state index contributed by atoms with van der Waals surface area (Å²) in [6.07, 6.45) is 1.07. The molecule has 0 N–H and O–H groups in total. The minimum atomic E-state index is -0.400. The molecule has 1 aliphatic heterocycles. The highest BCUT2D eigenvalue weighted by atomic mass is 16.5. The molecule has 0 fully saturated rings. The molecule has 1 aromatic carbocycles. The molecule has 5 heteroatoms. The first-order chi connectivity index (χ1) is 9.55. The molecule has 1 unspecified atom stereocenters. The standard InChI is InChI=1S/C15H18O5/c1-9-6-10-7-14(18-2)11(8-13(10)20-9)12(16)4-5-15(17)19-3/h7-9H,4-6H2,1-3H3. The smallest absolute Gasteiger partial charge is 0.305 e. The molecule has 20 heavy (non-hydrogen) atoms. The molecule has 1 heterocycles. The third kappa shape index (κ3) is 2.92. The Morgan fingerprint density at radius 2 is 2.05 bits per heavy atom. The van der Waals surface area contributed by atoms with Crippen LogP contribution in [-0.2, 0) is 16.0 Å². The normalized spacial score (nSPS) is 16.2. The Morgan fingerprint density at radius 1 is 1.30 bits per heavy atom. The highest BCUT2D eigenvalue weighted by Crippen LogP contribution is 2.35. The summed E-state index contributed by atoms with van der Waals surface area (Å²) in [7, 11) is 2.83. The van der Waals surface area contributed by atoms with Crippen molar-refractivity contribution >= 4 is 11.8 Å². The van der Waals surface area contributed by atoms with E-state index in [1.165, 1.54) is 14.2 Å². The molecule has 0 saturated heterocycles. The number of esters is 1. The minimum Gasteiger partial charge on any atom is -0.496 e. The van der Waals surface area contributed by atoms with Crippen molar-refractivity contribution < 1.29 is 23.8 Å². The molecule has 1 aliphatic rings. The Morgan fingerprint density at radius 3 is 2.70 bits per heavy atom. The lowest BCUT2D eigenvalue weighted by molar-refractivity contribution is -0.140. The van der Waals surface area contributed by atoms with Crippen molar-refractivity contribution in [1.29, 1.82) is 0 Å². The van der Waals surface area contributed by atoms with E-state index < -0.39 is 5.97 Å². The molecule has 0 bridgehead atoms. The van der Waals surface area contributed by atoms with Gasteiger partial charge >= 0.3 is 5.97 Å². The van der Waals surface area contributed by atoms with Crippen LogP contribution in [0.25, 0.3) is 0 Å². The van der Waals surface area contributed by atoms with Gasteiger partial charge in [0.05, 0.1) is 26.2 Å². The Kier molecular flexibility index (Phi) is 4.27. The molecule has 2 rings (SSSR count). The van der Waals surface area contributed by atoms with Gasteiger partial charge in [-0.15, -0.1) is 0 Å². The van der Waals surface area contributed by atoms with E-state index in [9.17, 15) is 9.59 Å². The summed E-state index contributed by atoms with van der Waals surface area (Å²) >= 11 is 0. The minimum absolute atomic E-state index is 0.0623. The number of carbonyl (C=O) groups excluding carboxylic acids is 2. The molecular formula is C15H18O5. The number of methoxy groups -OCH3 is 2. The van der Waals surface area contributed by atoms with Gasteiger partial charge in [-0.3, -0.25) is 9.59 Å². The predicted octanol–water partition coefficient (Wildman–Crippen LogP) is 2.15. The third-order valence-corrected chi connectivity index (χ3v) is 3.30. The second-order valence-electron chi connectivity index (χ2n) is 4.79. The molecule has 0 spiro atoms. The van der Waals surface area contributed by atoms with E-state index >= 15 is 0 Å².